The van der Waals surface area contributed by atoms with Crippen molar-refractivity contribution in [2.45, 2.75) is 57.9 Å². The molecule has 0 aromatic heterocycles. The fraction of sp³-hybridized carbons (Fsp3) is 0.625. The zero-order chi connectivity index (χ0) is 14.5. The van der Waals surface area contributed by atoms with Crippen molar-refractivity contribution in [2.24, 2.45) is 5.92 Å². The molecule has 1 fully saturated rings. The SMILES string of the molecule is CCCC1CCCC(Nc2c(F)cc(Br)cc2F)CC1. The van der Waals surface area contributed by atoms with Crippen LogP contribution in [0.5, 0.6) is 0 Å². The van der Waals surface area contributed by atoms with Gasteiger partial charge in [-0.2, -0.15) is 0 Å². The van der Waals surface area contributed by atoms with Gasteiger partial charge in [-0.25, -0.2) is 8.78 Å². The smallest absolute Gasteiger partial charge is 0.150 e. The van der Waals surface area contributed by atoms with E-state index in [1.807, 2.05) is 0 Å². The Morgan fingerprint density at radius 3 is 2.50 bits per heavy atom. The van der Waals surface area contributed by atoms with Crippen LogP contribution in [-0.2, 0) is 0 Å². The molecule has 2 rings (SSSR count). The lowest BCUT2D eigenvalue weighted by Gasteiger charge is -2.19. The maximum Gasteiger partial charge on any atom is 0.150 e. The molecule has 20 heavy (non-hydrogen) atoms. The lowest BCUT2D eigenvalue weighted by Crippen LogP contribution is -2.20. The van der Waals surface area contributed by atoms with E-state index in [2.05, 4.69) is 28.2 Å². The third-order valence-corrected chi connectivity index (χ3v) is 4.60. The van der Waals surface area contributed by atoms with Crippen LogP contribution in [0.2, 0.25) is 0 Å². The molecule has 1 aliphatic rings. The third-order valence-electron chi connectivity index (χ3n) is 4.14. The van der Waals surface area contributed by atoms with Crippen molar-refractivity contribution in [1.29, 1.82) is 0 Å². The number of hydrogen-bond donors (Lipinski definition) is 1. The van der Waals surface area contributed by atoms with Crippen LogP contribution in [0.25, 0.3) is 0 Å². The number of rotatable bonds is 4. The highest BCUT2D eigenvalue weighted by molar-refractivity contribution is 9.10. The number of hydrogen-bond acceptors (Lipinski definition) is 1. The van der Waals surface area contributed by atoms with Crippen molar-refractivity contribution < 1.29 is 8.78 Å². The third kappa shape index (κ3) is 4.18. The quantitative estimate of drug-likeness (QED) is 0.671. The van der Waals surface area contributed by atoms with Crippen molar-refractivity contribution in [3.8, 4) is 0 Å². The number of halogens is 3. The van der Waals surface area contributed by atoms with Gasteiger partial charge < -0.3 is 5.32 Å². The molecular formula is C16H22BrF2N. The molecule has 0 bridgehead atoms. The molecule has 2 atom stereocenters. The van der Waals surface area contributed by atoms with E-state index in [1.54, 1.807) is 0 Å². The standard InChI is InChI=1S/C16H22BrF2N/c1-2-4-11-5-3-6-13(8-7-11)20-16-14(18)9-12(17)10-15(16)19/h9-11,13,20H,2-8H2,1H3. The molecule has 1 aliphatic carbocycles. The molecule has 4 heteroatoms. The summed E-state index contributed by atoms with van der Waals surface area (Å²) in [5, 5.41) is 3.08. The fourth-order valence-corrected chi connectivity index (χ4v) is 3.51. The van der Waals surface area contributed by atoms with Crippen molar-refractivity contribution in [2.75, 3.05) is 5.32 Å². The molecule has 2 unspecified atom stereocenters. The summed E-state index contributed by atoms with van der Waals surface area (Å²) in [6, 6.07) is 2.80. The molecule has 1 nitrogen and oxygen atoms in total. The van der Waals surface area contributed by atoms with E-state index in [0.29, 0.717) is 4.47 Å². The Hall–Kier alpha value is -0.640. The van der Waals surface area contributed by atoms with Crippen LogP contribution in [0.4, 0.5) is 14.5 Å². The molecule has 1 saturated carbocycles. The van der Waals surface area contributed by atoms with Gasteiger partial charge in [-0.1, -0.05) is 48.5 Å². The van der Waals surface area contributed by atoms with Gasteiger partial charge in [0.25, 0.3) is 0 Å². The predicted octanol–water partition coefficient (Wildman–Crippen LogP) is 5.89. The van der Waals surface area contributed by atoms with Crippen molar-refractivity contribution in [3.05, 3.63) is 28.2 Å². The minimum atomic E-state index is -0.522. The Kier molecular flexibility index (Phi) is 5.82. The average molecular weight is 346 g/mol. The van der Waals surface area contributed by atoms with Crippen molar-refractivity contribution >= 4 is 21.6 Å². The van der Waals surface area contributed by atoms with Gasteiger partial charge in [-0.15, -0.1) is 0 Å². The summed E-state index contributed by atoms with van der Waals surface area (Å²) in [5.74, 6) is -0.260. The van der Waals surface area contributed by atoms with Gasteiger partial charge in [0.2, 0.25) is 0 Å². The highest BCUT2D eigenvalue weighted by Gasteiger charge is 2.20. The molecule has 0 saturated heterocycles. The molecule has 0 spiro atoms. The van der Waals surface area contributed by atoms with E-state index in [-0.39, 0.29) is 11.7 Å². The van der Waals surface area contributed by atoms with E-state index in [4.69, 9.17) is 0 Å². The largest absolute Gasteiger partial charge is 0.378 e. The summed E-state index contributed by atoms with van der Waals surface area (Å²) in [6.07, 6.45) is 8.03. The Morgan fingerprint density at radius 1 is 1.15 bits per heavy atom. The zero-order valence-electron chi connectivity index (χ0n) is 11.9. The molecule has 1 N–H and O–H groups in total. The van der Waals surface area contributed by atoms with Crippen molar-refractivity contribution in [1.82, 2.24) is 0 Å². The summed E-state index contributed by atoms with van der Waals surface area (Å²) in [4.78, 5) is 0. The van der Waals surface area contributed by atoms with Gasteiger partial charge in [0.05, 0.1) is 0 Å². The normalized spacial score (nSPS) is 23.4. The molecule has 1 aromatic rings. The van der Waals surface area contributed by atoms with Gasteiger partial charge in [-0.05, 0) is 37.3 Å². The van der Waals surface area contributed by atoms with Crippen LogP contribution < -0.4 is 5.32 Å². The molecule has 0 heterocycles. The van der Waals surface area contributed by atoms with Gasteiger partial charge in [-0.3, -0.25) is 0 Å². The summed E-state index contributed by atoms with van der Waals surface area (Å²) in [7, 11) is 0. The zero-order valence-corrected chi connectivity index (χ0v) is 13.5. The van der Waals surface area contributed by atoms with Crippen molar-refractivity contribution in [3.63, 3.8) is 0 Å². The predicted molar refractivity (Wildman–Crippen MR) is 83.0 cm³/mol. The molecule has 0 radical (unpaired) electrons. The summed E-state index contributed by atoms with van der Waals surface area (Å²) >= 11 is 3.10. The molecule has 0 amide bonds. The average Bonchev–Trinajstić information content (AvgIpc) is 2.60. The minimum absolute atomic E-state index is 0.0205. The minimum Gasteiger partial charge on any atom is -0.378 e. The highest BCUT2D eigenvalue weighted by Crippen LogP contribution is 2.30. The van der Waals surface area contributed by atoms with Crippen LogP contribution in [0.3, 0.4) is 0 Å². The first kappa shape index (κ1) is 15.7. The molecular weight excluding hydrogens is 324 g/mol. The maximum absolute atomic E-state index is 13.8. The van der Waals surface area contributed by atoms with Crippen LogP contribution in [-0.4, -0.2) is 6.04 Å². The number of nitrogens with one attached hydrogen (secondary N) is 1. The number of benzene rings is 1. The maximum atomic E-state index is 13.8. The number of anilines is 1. The van der Waals surface area contributed by atoms with Crippen LogP contribution in [0.1, 0.15) is 51.9 Å². The summed E-state index contributed by atoms with van der Waals surface area (Å²) < 4.78 is 28.1. The second kappa shape index (κ2) is 7.39. The van der Waals surface area contributed by atoms with E-state index in [0.717, 1.165) is 31.6 Å². The molecule has 112 valence electrons. The first-order valence-electron chi connectivity index (χ1n) is 7.51. The lowest BCUT2D eigenvalue weighted by molar-refractivity contribution is 0.422. The Labute approximate surface area is 128 Å². The summed E-state index contributed by atoms with van der Waals surface area (Å²) in [5.41, 5.74) is 0.0205. The van der Waals surface area contributed by atoms with Crippen LogP contribution >= 0.6 is 15.9 Å². The second-order valence-corrected chi connectivity index (χ2v) is 6.66. The lowest BCUT2D eigenvalue weighted by atomic mass is 9.95. The monoisotopic (exact) mass is 345 g/mol. The Balaban J connectivity index is 2.00. The fourth-order valence-electron chi connectivity index (χ4n) is 3.10. The van der Waals surface area contributed by atoms with Crippen LogP contribution in [0, 0.1) is 17.6 Å². The molecule has 1 aromatic carbocycles. The van der Waals surface area contributed by atoms with Gasteiger partial charge in [0.1, 0.15) is 17.3 Å². The molecule has 0 aliphatic heterocycles. The van der Waals surface area contributed by atoms with Gasteiger partial charge >= 0.3 is 0 Å². The Bertz CT molecular complexity index is 427. The van der Waals surface area contributed by atoms with E-state index >= 15 is 0 Å². The first-order chi connectivity index (χ1) is 9.60. The van der Waals surface area contributed by atoms with Gasteiger partial charge in [0, 0.05) is 10.5 Å². The topological polar surface area (TPSA) is 12.0 Å². The van der Waals surface area contributed by atoms with E-state index in [1.165, 1.54) is 31.4 Å². The van der Waals surface area contributed by atoms with E-state index in [9.17, 15) is 8.78 Å². The van der Waals surface area contributed by atoms with Gasteiger partial charge in [0.15, 0.2) is 0 Å². The second-order valence-electron chi connectivity index (χ2n) is 5.75. The first-order valence-corrected chi connectivity index (χ1v) is 8.30. The van der Waals surface area contributed by atoms with E-state index < -0.39 is 11.6 Å². The highest BCUT2D eigenvalue weighted by atomic mass is 79.9. The van der Waals surface area contributed by atoms with Crippen LogP contribution in [0.15, 0.2) is 16.6 Å². The summed E-state index contributed by atoms with van der Waals surface area (Å²) in [6.45, 7) is 2.22. The Morgan fingerprint density at radius 2 is 1.85 bits per heavy atom.